The lowest BCUT2D eigenvalue weighted by Crippen LogP contribution is -2.04. The zero-order valence-electron chi connectivity index (χ0n) is 9.36. The molecular weight excluding hydrogens is 227 g/mol. The van der Waals surface area contributed by atoms with Crippen LogP contribution in [0.2, 0.25) is 0 Å². The minimum absolute atomic E-state index is 0.159. The van der Waals surface area contributed by atoms with Crippen LogP contribution in [-0.4, -0.2) is 23.2 Å². The molecule has 1 aromatic rings. The molecule has 1 rings (SSSR count). The summed E-state index contributed by atoms with van der Waals surface area (Å²) in [6, 6.07) is 3.52. The maximum Gasteiger partial charge on any atom is 0.272 e. The van der Waals surface area contributed by atoms with E-state index in [2.05, 4.69) is 5.32 Å². The van der Waals surface area contributed by atoms with Crippen molar-refractivity contribution in [2.45, 2.75) is 19.3 Å². The van der Waals surface area contributed by atoms with Crippen molar-refractivity contribution in [3.05, 3.63) is 34.1 Å². The maximum atomic E-state index is 13.4. The number of hydrogen-bond donors (Lipinski definition) is 2. The maximum absolute atomic E-state index is 13.4. The first-order valence-electron chi connectivity index (χ1n) is 5.44. The number of aliphatic hydroxyl groups is 1. The summed E-state index contributed by atoms with van der Waals surface area (Å²) in [6.45, 7) is 0.737. The van der Waals surface area contributed by atoms with E-state index in [1.54, 1.807) is 0 Å². The van der Waals surface area contributed by atoms with Crippen molar-refractivity contribution in [3.63, 3.8) is 0 Å². The molecule has 0 aliphatic carbocycles. The van der Waals surface area contributed by atoms with Crippen molar-refractivity contribution >= 4 is 11.4 Å². The Morgan fingerprint density at radius 3 is 2.71 bits per heavy atom. The van der Waals surface area contributed by atoms with Gasteiger partial charge in [-0.15, -0.1) is 0 Å². The Labute approximate surface area is 98.4 Å². The largest absolute Gasteiger partial charge is 0.396 e. The zero-order chi connectivity index (χ0) is 12.7. The normalized spacial score (nSPS) is 10.2. The summed E-state index contributed by atoms with van der Waals surface area (Å²) in [6.07, 6.45) is 2.40. The molecule has 0 aliphatic rings. The molecule has 1 aromatic carbocycles. The van der Waals surface area contributed by atoms with E-state index < -0.39 is 10.7 Å². The second-order valence-corrected chi connectivity index (χ2v) is 3.63. The highest BCUT2D eigenvalue weighted by molar-refractivity contribution is 5.49. The van der Waals surface area contributed by atoms with E-state index in [4.69, 9.17) is 5.11 Å². The highest BCUT2D eigenvalue weighted by Gasteiger charge is 2.09. The molecule has 6 heteroatoms. The average molecular weight is 242 g/mol. The highest BCUT2D eigenvalue weighted by Crippen LogP contribution is 2.20. The number of nitrogens with one attached hydrogen (secondary N) is 1. The van der Waals surface area contributed by atoms with Crippen LogP contribution in [0.25, 0.3) is 0 Å². The Bertz CT molecular complexity index is 385. The number of hydrogen-bond acceptors (Lipinski definition) is 4. The van der Waals surface area contributed by atoms with Crippen LogP contribution in [0.4, 0.5) is 15.8 Å². The summed E-state index contributed by atoms with van der Waals surface area (Å²) in [5, 5.41) is 21.8. The number of aliphatic hydroxyl groups excluding tert-OH is 1. The van der Waals surface area contributed by atoms with E-state index in [1.807, 2.05) is 0 Å². The molecule has 0 aromatic heterocycles. The molecular formula is C11H15FN2O3. The van der Waals surface area contributed by atoms with Crippen molar-refractivity contribution in [1.29, 1.82) is 0 Å². The van der Waals surface area contributed by atoms with E-state index >= 15 is 0 Å². The van der Waals surface area contributed by atoms with E-state index in [0.717, 1.165) is 25.3 Å². The Hall–Kier alpha value is -1.69. The van der Waals surface area contributed by atoms with Gasteiger partial charge in [0.05, 0.1) is 16.7 Å². The lowest BCUT2D eigenvalue weighted by atomic mass is 10.2. The smallest absolute Gasteiger partial charge is 0.272 e. The third-order valence-electron chi connectivity index (χ3n) is 2.31. The molecule has 0 atom stereocenters. The van der Waals surface area contributed by atoms with Gasteiger partial charge < -0.3 is 10.4 Å². The standard InChI is InChI=1S/C11H15FN2O3/c12-10-8-9(14(16)17)4-5-11(10)13-6-2-1-3-7-15/h4-5,8,13,15H,1-3,6-7H2. The second kappa shape index (κ2) is 6.80. The number of halogens is 1. The number of nitrogens with zero attached hydrogens (tertiary/aromatic N) is 1. The van der Waals surface area contributed by atoms with E-state index in [1.165, 1.54) is 12.1 Å². The van der Waals surface area contributed by atoms with Crippen molar-refractivity contribution in [1.82, 2.24) is 0 Å². The fraction of sp³-hybridized carbons (Fsp3) is 0.455. The number of nitro groups is 1. The first kappa shape index (κ1) is 13.4. The van der Waals surface area contributed by atoms with Crippen LogP contribution in [-0.2, 0) is 0 Å². The molecule has 0 spiro atoms. The van der Waals surface area contributed by atoms with E-state index in [0.29, 0.717) is 6.54 Å². The molecule has 5 nitrogen and oxygen atoms in total. The predicted octanol–water partition coefficient (Wildman–Crippen LogP) is 2.31. The molecule has 0 bridgehead atoms. The van der Waals surface area contributed by atoms with Gasteiger partial charge in [0.25, 0.3) is 5.69 Å². The Morgan fingerprint density at radius 1 is 1.35 bits per heavy atom. The Balaban J connectivity index is 2.46. The second-order valence-electron chi connectivity index (χ2n) is 3.63. The predicted molar refractivity (Wildman–Crippen MR) is 62.5 cm³/mol. The third-order valence-corrected chi connectivity index (χ3v) is 2.31. The molecule has 0 unspecified atom stereocenters. The van der Waals surface area contributed by atoms with Crippen LogP contribution in [0.1, 0.15) is 19.3 Å². The highest BCUT2D eigenvalue weighted by atomic mass is 19.1. The molecule has 17 heavy (non-hydrogen) atoms. The van der Waals surface area contributed by atoms with Crippen LogP contribution in [0, 0.1) is 15.9 Å². The van der Waals surface area contributed by atoms with Crippen molar-refractivity contribution in [2.75, 3.05) is 18.5 Å². The van der Waals surface area contributed by atoms with Gasteiger partial charge in [-0.25, -0.2) is 4.39 Å². The molecule has 0 saturated heterocycles. The summed E-state index contributed by atoms with van der Waals surface area (Å²) in [4.78, 5) is 9.76. The van der Waals surface area contributed by atoms with E-state index in [-0.39, 0.29) is 18.0 Å². The van der Waals surface area contributed by atoms with Gasteiger partial charge in [0.15, 0.2) is 5.82 Å². The van der Waals surface area contributed by atoms with Gasteiger partial charge in [0.2, 0.25) is 0 Å². The van der Waals surface area contributed by atoms with Crippen molar-refractivity contribution < 1.29 is 14.4 Å². The fourth-order valence-corrected chi connectivity index (χ4v) is 1.40. The Kier molecular flexibility index (Phi) is 5.35. The van der Waals surface area contributed by atoms with Gasteiger partial charge in [-0.05, 0) is 25.3 Å². The van der Waals surface area contributed by atoms with Crippen LogP contribution in [0.3, 0.4) is 0 Å². The summed E-state index contributed by atoms with van der Waals surface area (Å²) >= 11 is 0. The van der Waals surface area contributed by atoms with Crippen molar-refractivity contribution in [3.8, 4) is 0 Å². The lowest BCUT2D eigenvalue weighted by Gasteiger charge is -2.06. The lowest BCUT2D eigenvalue weighted by molar-refractivity contribution is -0.385. The quantitative estimate of drug-likeness (QED) is 0.437. The van der Waals surface area contributed by atoms with Crippen LogP contribution >= 0.6 is 0 Å². The first-order valence-corrected chi connectivity index (χ1v) is 5.44. The molecule has 0 fully saturated rings. The summed E-state index contributed by atoms with van der Waals surface area (Å²) in [5.41, 5.74) is 0.00734. The number of non-ortho nitro benzene ring substituents is 1. The molecule has 94 valence electrons. The minimum Gasteiger partial charge on any atom is -0.396 e. The van der Waals surface area contributed by atoms with Gasteiger partial charge >= 0.3 is 0 Å². The van der Waals surface area contributed by atoms with Crippen molar-refractivity contribution in [2.24, 2.45) is 0 Å². The molecule has 2 N–H and O–H groups in total. The number of rotatable bonds is 7. The van der Waals surface area contributed by atoms with Gasteiger partial charge in [-0.1, -0.05) is 0 Å². The number of anilines is 1. The summed E-state index contributed by atoms with van der Waals surface area (Å²) in [7, 11) is 0. The fourth-order valence-electron chi connectivity index (χ4n) is 1.40. The number of nitro benzene ring substituents is 1. The molecule has 0 radical (unpaired) electrons. The van der Waals surface area contributed by atoms with Gasteiger partial charge in [-0.3, -0.25) is 10.1 Å². The van der Waals surface area contributed by atoms with Crippen LogP contribution < -0.4 is 5.32 Å². The summed E-state index contributed by atoms with van der Waals surface area (Å²) in [5.74, 6) is -0.624. The Morgan fingerprint density at radius 2 is 2.12 bits per heavy atom. The molecule has 0 aliphatic heterocycles. The average Bonchev–Trinajstić information content (AvgIpc) is 2.30. The summed E-state index contributed by atoms with van der Waals surface area (Å²) < 4.78 is 13.4. The van der Waals surface area contributed by atoms with Gasteiger partial charge in [-0.2, -0.15) is 0 Å². The monoisotopic (exact) mass is 242 g/mol. The number of benzene rings is 1. The SMILES string of the molecule is O=[N+]([O-])c1ccc(NCCCCCO)c(F)c1. The first-order chi connectivity index (χ1) is 8.15. The molecule has 0 amide bonds. The zero-order valence-corrected chi connectivity index (χ0v) is 9.36. The topological polar surface area (TPSA) is 75.4 Å². The molecule has 0 heterocycles. The van der Waals surface area contributed by atoms with Gasteiger partial charge in [0.1, 0.15) is 0 Å². The van der Waals surface area contributed by atoms with Crippen LogP contribution in [0.15, 0.2) is 18.2 Å². The molecule has 0 saturated carbocycles. The third kappa shape index (κ3) is 4.36. The minimum atomic E-state index is -0.631. The van der Waals surface area contributed by atoms with Gasteiger partial charge in [0, 0.05) is 19.2 Å². The van der Waals surface area contributed by atoms with E-state index in [9.17, 15) is 14.5 Å². The van der Waals surface area contributed by atoms with Crippen LogP contribution in [0.5, 0.6) is 0 Å². The number of unbranched alkanes of at least 4 members (excludes halogenated alkanes) is 2.